The van der Waals surface area contributed by atoms with Crippen molar-refractivity contribution in [3.63, 3.8) is 0 Å². The van der Waals surface area contributed by atoms with Crippen molar-refractivity contribution in [3.05, 3.63) is 83.2 Å². The van der Waals surface area contributed by atoms with Crippen LogP contribution >= 0.6 is 11.3 Å². The number of phenols is 1. The summed E-state index contributed by atoms with van der Waals surface area (Å²) in [5.74, 6) is -0.139. The molecule has 0 bridgehead atoms. The molecule has 2 aliphatic heterocycles. The number of carbonyl (C=O) groups is 2. The number of piperidine rings is 1. The highest BCUT2D eigenvalue weighted by Crippen LogP contribution is 2.35. The number of fused-ring (bicyclic) bond motifs is 1. The van der Waals surface area contributed by atoms with E-state index in [-0.39, 0.29) is 48.5 Å². The topological polar surface area (TPSA) is 211 Å². The van der Waals surface area contributed by atoms with E-state index in [0.717, 1.165) is 79.0 Å². The summed E-state index contributed by atoms with van der Waals surface area (Å²) in [7, 11) is 0. The van der Waals surface area contributed by atoms with E-state index in [1.165, 1.54) is 37.0 Å². The summed E-state index contributed by atoms with van der Waals surface area (Å²) in [5, 5.41) is 41.6. The number of aromatic nitrogens is 6. The number of nitrogens with one attached hydrogen (secondary N) is 1. The molecule has 0 spiro atoms. The molecule has 1 unspecified atom stereocenters. The molecule has 0 aliphatic carbocycles. The number of aliphatic hydroxyl groups excluding tert-OH is 1. The molecular weight excluding hydrogens is 881 g/mol. The van der Waals surface area contributed by atoms with Crippen LogP contribution in [0.1, 0.15) is 126 Å². The Kier molecular flexibility index (Phi) is 16.0. The number of aryl methyl sites for hydroxylation is 1. The van der Waals surface area contributed by atoms with Crippen molar-refractivity contribution in [2.75, 3.05) is 38.5 Å². The molecule has 2 aromatic carbocycles. The predicted molar refractivity (Wildman–Crippen MR) is 263 cm³/mol. The van der Waals surface area contributed by atoms with E-state index in [4.69, 9.17) is 15.0 Å². The lowest BCUT2D eigenvalue weighted by molar-refractivity contribution is -0.141. The number of benzene rings is 2. The summed E-state index contributed by atoms with van der Waals surface area (Å²) >= 11 is 1.59. The molecule has 17 heteroatoms. The van der Waals surface area contributed by atoms with Gasteiger partial charge in [-0.05, 0) is 86.5 Å². The molecule has 362 valence electrons. The molecule has 2 fully saturated rings. The zero-order valence-corrected chi connectivity index (χ0v) is 40.5. The molecular formula is C51H66N10O6S. The Morgan fingerprint density at radius 1 is 0.956 bits per heavy atom. The van der Waals surface area contributed by atoms with E-state index in [2.05, 4.69) is 35.7 Å². The number of rotatable bonds is 21. The summed E-state index contributed by atoms with van der Waals surface area (Å²) in [6, 6.07) is 17.9. The summed E-state index contributed by atoms with van der Waals surface area (Å²) in [6.45, 7) is 11.5. The Morgan fingerprint density at radius 2 is 1.68 bits per heavy atom. The summed E-state index contributed by atoms with van der Waals surface area (Å²) < 4.78 is 13.6. The van der Waals surface area contributed by atoms with Crippen molar-refractivity contribution in [2.45, 2.75) is 128 Å². The van der Waals surface area contributed by atoms with Gasteiger partial charge in [-0.1, -0.05) is 88.8 Å². The monoisotopic (exact) mass is 946 g/mol. The third kappa shape index (κ3) is 11.5. The van der Waals surface area contributed by atoms with Crippen molar-refractivity contribution < 1.29 is 29.1 Å². The highest BCUT2D eigenvalue weighted by Gasteiger charge is 2.43. The number of hydrogen-bond acceptors (Lipinski definition) is 14. The number of carbonyl (C=O) groups excluding carboxylic acids is 2. The van der Waals surface area contributed by atoms with Gasteiger partial charge in [0.1, 0.15) is 17.7 Å². The second-order valence-electron chi connectivity index (χ2n) is 18.9. The Morgan fingerprint density at radius 3 is 2.38 bits per heavy atom. The second kappa shape index (κ2) is 22.5. The number of aromatic hydroxyl groups is 1. The van der Waals surface area contributed by atoms with E-state index < -0.39 is 18.1 Å². The zero-order valence-electron chi connectivity index (χ0n) is 39.7. The number of amides is 2. The molecule has 2 saturated heterocycles. The molecule has 8 rings (SSSR count). The quantitative estimate of drug-likeness (QED) is 0.0499. The maximum Gasteiger partial charge on any atom is 0.254 e. The van der Waals surface area contributed by atoms with E-state index in [9.17, 15) is 19.8 Å². The number of ether oxygens (including phenoxy) is 1. The minimum atomic E-state index is -0.809. The largest absolute Gasteiger partial charge is 0.507 e. The minimum Gasteiger partial charge on any atom is -0.507 e. The highest BCUT2D eigenvalue weighted by atomic mass is 32.1. The molecule has 16 nitrogen and oxygen atoms in total. The second-order valence-corrected chi connectivity index (χ2v) is 19.7. The van der Waals surface area contributed by atoms with Gasteiger partial charge in [0.05, 0.1) is 52.1 Å². The van der Waals surface area contributed by atoms with E-state index in [0.29, 0.717) is 40.8 Å². The van der Waals surface area contributed by atoms with E-state index >= 15 is 0 Å². The number of nitrogens with zero attached hydrogens (tertiary/aromatic N) is 8. The number of phenolic OH excluding ortho intramolecular Hbond substituents is 1. The van der Waals surface area contributed by atoms with Crippen molar-refractivity contribution in [2.24, 2.45) is 5.92 Å². The molecule has 4 aromatic heterocycles. The maximum atomic E-state index is 14.1. The van der Waals surface area contributed by atoms with Crippen molar-refractivity contribution in [1.29, 1.82) is 0 Å². The van der Waals surface area contributed by atoms with Gasteiger partial charge < -0.3 is 40.3 Å². The highest BCUT2D eigenvalue weighted by molar-refractivity contribution is 7.13. The first-order chi connectivity index (χ1) is 32.9. The smallest absolute Gasteiger partial charge is 0.254 e. The molecule has 68 heavy (non-hydrogen) atoms. The van der Waals surface area contributed by atoms with Crippen LogP contribution in [-0.4, -0.2) is 107 Å². The number of anilines is 1. The molecule has 5 N–H and O–H groups in total. The number of likely N-dealkylation sites (tertiary alicyclic amines) is 2. The SMILES string of the molecule is Cc1ncsc1-c1ccc([C@H](C)NC(=O)[C@@H]2C[C@@H](O)CN2C(=O)C(c2cc(OCCCCCCCCCCN3CCC(n4nc(N)c5nnc(-c6ccccc6O)cc54)CC3)no2)C(C)C)cc1. The number of thiazole rings is 1. The molecule has 4 atom stereocenters. The van der Waals surface area contributed by atoms with Gasteiger partial charge in [0.15, 0.2) is 17.1 Å². The fraction of sp³-hybridized carbons (Fsp3) is 0.510. The maximum absolute atomic E-state index is 14.1. The van der Waals surface area contributed by atoms with Crippen LogP contribution in [0.25, 0.3) is 32.7 Å². The number of hydrogen-bond donors (Lipinski definition) is 4. The van der Waals surface area contributed by atoms with E-state index in [1.54, 1.807) is 29.5 Å². The minimum absolute atomic E-state index is 0.0696. The standard InChI is InChI=1S/C51H66N10O6S/c1-32(2)46(51(65)60-30-38(62)27-42(60)50(64)54-33(3)35-17-19-36(20-18-35)48-34(4)53-31-68-48)44-29-45(58-67-44)66-26-14-10-8-6-5-7-9-13-23-59-24-21-37(22-25-59)61-41-28-40(39-15-11-12-16-43(39)63)55-56-47(41)49(52)57-61/h11-12,15-20,28-29,31-33,37-38,42,46,62-63H,5-10,13-14,21-27,30H2,1-4H3,(H2,52,57)(H,54,64)/t33-,38+,42-,46?/m0/s1. The van der Waals surface area contributed by atoms with Crippen LogP contribution in [0, 0.1) is 12.8 Å². The fourth-order valence-electron chi connectivity index (χ4n) is 9.72. The molecule has 2 amide bonds. The molecule has 6 aromatic rings. The van der Waals surface area contributed by atoms with Crippen LogP contribution in [0.5, 0.6) is 11.6 Å². The van der Waals surface area contributed by atoms with Crippen molar-refractivity contribution in [3.8, 4) is 33.3 Å². The average Bonchev–Trinajstić information content (AvgIpc) is 4.15. The third-order valence-corrected chi connectivity index (χ3v) is 14.5. The lowest BCUT2D eigenvalue weighted by Crippen LogP contribution is -2.48. The Balaban J connectivity index is 0.704. The van der Waals surface area contributed by atoms with Gasteiger partial charge in [0.25, 0.3) is 5.88 Å². The van der Waals surface area contributed by atoms with Crippen LogP contribution in [0.2, 0.25) is 0 Å². The number of β-amino-alcohol motifs (C(OH)–C–C–N with tert-alkyl or cyclic N) is 1. The lowest BCUT2D eigenvalue weighted by atomic mass is 9.91. The van der Waals surface area contributed by atoms with Gasteiger partial charge in [-0.25, -0.2) is 4.98 Å². The molecule has 6 heterocycles. The van der Waals surface area contributed by atoms with Gasteiger partial charge in [-0.3, -0.25) is 14.3 Å². The Bertz CT molecular complexity index is 2600. The third-order valence-electron chi connectivity index (χ3n) is 13.6. The fourth-order valence-corrected chi connectivity index (χ4v) is 10.5. The average molecular weight is 947 g/mol. The van der Waals surface area contributed by atoms with Crippen molar-refractivity contribution in [1.82, 2.24) is 45.2 Å². The Labute approximate surface area is 402 Å². The molecule has 0 saturated carbocycles. The van der Waals surface area contributed by atoms with Crippen LogP contribution in [0.4, 0.5) is 5.82 Å². The predicted octanol–water partition coefficient (Wildman–Crippen LogP) is 8.62. The number of nitrogens with two attached hydrogens (primary N) is 1. The van der Waals surface area contributed by atoms with E-state index in [1.807, 2.05) is 80.4 Å². The van der Waals surface area contributed by atoms with Crippen LogP contribution in [-0.2, 0) is 9.59 Å². The summed E-state index contributed by atoms with van der Waals surface area (Å²) in [5.41, 5.74) is 13.8. The van der Waals surface area contributed by atoms with Crippen LogP contribution < -0.4 is 15.8 Å². The first-order valence-electron chi connectivity index (χ1n) is 24.4. The number of unbranched alkanes of at least 4 members (excludes halogenated alkanes) is 7. The first kappa shape index (κ1) is 48.5. The molecule has 2 aliphatic rings. The van der Waals surface area contributed by atoms with Gasteiger partial charge in [-0.2, -0.15) is 5.10 Å². The van der Waals surface area contributed by atoms with Gasteiger partial charge in [-0.15, -0.1) is 21.5 Å². The normalized spacial score (nSPS) is 17.8. The van der Waals surface area contributed by atoms with Gasteiger partial charge in [0.2, 0.25) is 11.8 Å². The molecule has 0 radical (unpaired) electrons. The number of para-hydroxylation sites is 1. The van der Waals surface area contributed by atoms with Crippen molar-refractivity contribution >= 4 is 40.0 Å². The van der Waals surface area contributed by atoms with Gasteiger partial charge >= 0.3 is 0 Å². The van der Waals surface area contributed by atoms with Gasteiger partial charge in [0, 0.05) is 37.7 Å². The zero-order chi connectivity index (χ0) is 47.7. The first-order valence-corrected chi connectivity index (χ1v) is 25.2. The summed E-state index contributed by atoms with van der Waals surface area (Å²) in [4.78, 5) is 37.3. The van der Waals surface area contributed by atoms with Crippen LogP contribution in [0.15, 0.2) is 70.7 Å². The Hall–Kier alpha value is -5.91. The number of nitrogen functional groups attached to an aromatic ring is 1. The van der Waals surface area contributed by atoms with Crippen LogP contribution in [0.3, 0.4) is 0 Å². The number of aliphatic hydroxyl groups is 1. The summed E-state index contributed by atoms with van der Waals surface area (Å²) in [6.07, 6.45) is 10.5. The lowest BCUT2D eigenvalue weighted by Gasteiger charge is -2.32.